The summed E-state index contributed by atoms with van der Waals surface area (Å²) in [6.45, 7) is 4.66. The molecule has 0 aromatic carbocycles. The number of carbonyl (C=O) groups is 5. The fraction of sp³-hybridized carbons (Fsp3) is 0.722. The molecule has 0 aliphatic carbocycles. The molecule has 0 bridgehead atoms. The Hall–Kier alpha value is -2.67. The zero-order chi connectivity index (χ0) is 23.7. The summed E-state index contributed by atoms with van der Waals surface area (Å²) < 4.78 is 4.45. The number of rotatable bonds is 10. The summed E-state index contributed by atoms with van der Waals surface area (Å²) in [5.41, 5.74) is 0. The fourth-order valence-electron chi connectivity index (χ4n) is 3.04. The predicted octanol–water partition coefficient (Wildman–Crippen LogP) is -2.54. The molecule has 4 atom stereocenters. The molecule has 12 nitrogen and oxygen atoms in total. The molecule has 0 radical (unpaired) electrons. The number of amides is 4. The zero-order valence-electron chi connectivity index (χ0n) is 18.2. The summed E-state index contributed by atoms with van der Waals surface area (Å²) in [6.07, 6.45) is 0.757. The van der Waals surface area contributed by atoms with Gasteiger partial charge in [0.2, 0.25) is 23.6 Å². The van der Waals surface area contributed by atoms with Crippen LogP contribution in [0, 0.1) is 0 Å². The lowest BCUT2D eigenvalue weighted by Crippen LogP contribution is -2.56. The number of nitrogens with one attached hydrogen (secondary N) is 3. The van der Waals surface area contributed by atoms with E-state index in [0.717, 1.165) is 0 Å². The van der Waals surface area contributed by atoms with E-state index in [9.17, 15) is 24.0 Å². The van der Waals surface area contributed by atoms with Gasteiger partial charge < -0.3 is 35.6 Å². The van der Waals surface area contributed by atoms with E-state index in [1.807, 2.05) is 0 Å². The second-order valence-corrected chi connectivity index (χ2v) is 7.50. The molecular formula is C18H31BN4O8. The van der Waals surface area contributed by atoms with E-state index >= 15 is 0 Å². The van der Waals surface area contributed by atoms with Crippen molar-refractivity contribution in [3.05, 3.63) is 0 Å². The van der Waals surface area contributed by atoms with Crippen molar-refractivity contribution in [2.24, 2.45) is 0 Å². The first-order valence-electron chi connectivity index (χ1n) is 10.1. The maximum atomic E-state index is 12.8. The van der Waals surface area contributed by atoms with E-state index in [4.69, 9.17) is 10.0 Å². The van der Waals surface area contributed by atoms with Crippen LogP contribution in [0.2, 0.25) is 0 Å². The Balaban J connectivity index is 2.59. The summed E-state index contributed by atoms with van der Waals surface area (Å²) in [5, 5.41) is 25.6. The number of nitrogens with zero attached hydrogens (tertiary/aromatic N) is 1. The van der Waals surface area contributed by atoms with Gasteiger partial charge in [-0.25, -0.2) is 0 Å². The first kappa shape index (κ1) is 26.4. The van der Waals surface area contributed by atoms with Crippen LogP contribution in [0.5, 0.6) is 0 Å². The van der Waals surface area contributed by atoms with Crippen molar-refractivity contribution >= 4 is 36.7 Å². The molecule has 0 saturated carbocycles. The van der Waals surface area contributed by atoms with Crippen LogP contribution in [-0.2, 0) is 28.7 Å². The largest absolute Gasteiger partial charge is 0.475 e. The maximum absolute atomic E-state index is 12.8. The van der Waals surface area contributed by atoms with E-state index in [0.29, 0.717) is 19.4 Å². The van der Waals surface area contributed by atoms with Gasteiger partial charge in [0.25, 0.3) is 0 Å². The van der Waals surface area contributed by atoms with Crippen molar-refractivity contribution < 1.29 is 38.8 Å². The van der Waals surface area contributed by atoms with Gasteiger partial charge in [-0.05, 0) is 33.6 Å². The summed E-state index contributed by atoms with van der Waals surface area (Å²) in [6, 6.07) is -2.66. The Labute approximate surface area is 181 Å². The minimum atomic E-state index is -1.72. The van der Waals surface area contributed by atoms with E-state index in [1.54, 1.807) is 0 Å². The average molecular weight is 442 g/mol. The van der Waals surface area contributed by atoms with Gasteiger partial charge in [-0.3, -0.25) is 24.0 Å². The van der Waals surface area contributed by atoms with Crippen LogP contribution < -0.4 is 16.0 Å². The molecule has 1 heterocycles. The van der Waals surface area contributed by atoms with Crippen molar-refractivity contribution in [1.82, 2.24) is 20.9 Å². The van der Waals surface area contributed by atoms with Crippen molar-refractivity contribution in [2.75, 3.05) is 13.7 Å². The summed E-state index contributed by atoms with van der Waals surface area (Å²) in [4.78, 5) is 61.7. The number of likely N-dealkylation sites (tertiary alicyclic amines) is 1. The maximum Gasteiger partial charge on any atom is 0.475 e. The molecule has 1 fully saturated rings. The molecule has 1 aliphatic rings. The van der Waals surface area contributed by atoms with Crippen LogP contribution in [0.3, 0.4) is 0 Å². The predicted molar refractivity (Wildman–Crippen MR) is 109 cm³/mol. The topological polar surface area (TPSA) is 174 Å². The SMILES string of the molecule is COC(=O)CCC(=O)NC(C)C(=O)NC(C)C(=O)N1CCCC1C(=O)NC(C)B(O)O. The molecule has 1 saturated heterocycles. The van der Waals surface area contributed by atoms with E-state index in [1.165, 1.54) is 32.8 Å². The van der Waals surface area contributed by atoms with Crippen molar-refractivity contribution in [1.29, 1.82) is 0 Å². The first-order valence-corrected chi connectivity index (χ1v) is 10.1. The number of hydrogen-bond donors (Lipinski definition) is 5. The highest BCUT2D eigenvalue weighted by Crippen LogP contribution is 2.19. The number of hydrogen-bond acceptors (Lipinski definition) is 8. The number of methoxy groups -OCH3 is 1. The van der Waals surface area contributed by atoms with Crippen molar-refractivity contribution in [2.45, 2.75) is 70.5 Å². The van der Waals surface area contributed by atoms with Gasteiger partial charge in [-0.1, -0.05) is 0 Å². The molecule has 174 valence electrons. The summed E-state index contributed by atoms with van der Waals surface area (Å²) in [5.74, 6) is -3.51. The van der Waals surface area contributed by atoms with Gasteiger partial charge in [0.1, 0.15) is 18.1 Å². The summed E-state index contributed by atoms with van der Waals surface area (Å²) >= 11 is 0. The highest BCUT2D eigenvalue weighted by molar-refractivity contribution is 6.43. The molecule has 4 amide bonds. The van der Waals surface area contributed by atoms with Crippen LogP contribution >= 0.6 is 0 Å². The number of ether oxygens (including phenoxy) is 1. The van der Waals surface area contributed by atoms with Crippen molar-refractivity contribution in [3.63, 3.8) is 0 Å². The molecular weight excluding hydrogens is 411 g/mol. The normalized spacial score (nSPS) is 18.4. The van der Waals surface area contributed by atoms with Crippen LogP contribution in [0.25, 0.3) is 0 Å². The molecule has 4 unspecified atom stereocenters. The Morgan fingerprint density at radius 3 is 2.26 bits per heavy atom. The lowest BCUT2D eigenvalue weighted by Gasteiger charge is -2.28. The Bertz CT molecular complexity index is 689. The van der Waals surface area contributed by atoms with Gasteiger partial charge in [0.05, 0.1) is 19.5 Å². The smallest absolute Gasteiger partial charge is 0.469 e. The molecule has 0 spiro atoms. The van der Waals surface area contributed by atoms with Gasteiger partial charge in [0.15, 0.2) is 0 Å². The summed E-state index contributed by atoms with van der Waals surface area (Å²) in [7, 11) is -0.517. The molecule has 1 aliphatic heterocycles. The number of carbonyl (C=O) groups excluding carboxylic acids is 5. The van der Waals surface area contributed by atoms with Gasteiger partial charge >= 0.3 is 13.1 Å². The highest BCUT2D eigenvalue weighted by Gasteiger charge is 2.37. The van der Waals surface area contributed by atoms with Crippen LogP contribution in [0.4, 0.5) is 0 Å². The average Bonchev–Trinajstić information content (AvgIpc) is 3.20. The minimum Gasteiger partial charge on any atom is -0.469 e. The first-order chi connectivity index (χ1) is 14.5. The second-order valence-electron chi connectivity index (χ2n) is 7.50. The lowest BCUT2D eigenvalue weighted by molar-refractivity contribution is -0.142. The molecule has 31 heavy (non-hydrogen) atoms. The van der Waals surface area contributed by atoms with Gasteiger partial charge in [-0.2, -0.15) is 0 Å². The van der Waals surface area contributed by atoms with Crippen LogP contribution in [0.15, 0.2) is 0 Å². The van der Waals surface area contributed by atoms with E-state index < -0.39 is 60.8 Å². The monoisotopic (exact) mass is 442 g/mol. The molecule has 0 aromatic heterocycles. The Kier molecular flexibility index (Phi) is 10.4. The van der Waals surface area contributed by atoms with E-state index in [2.05, 4.69) is 20.7 Å². The molecule has 1 rings (SSSR count). The standard InChI is InChI=1S/C18H31BN4O8/c1-10(20-14(24)7-8-15(25)31-4)16(26)21-11(2)18(28)23-9-5-6-13(23)17(27)22-12(3)19(29)30/h10-13,29-30H,5-9H2,1-4H3,(H,20,24)(H,21,26)(H,22,27). The lowest BCUT2D eigenvalue weighted by atomic mass is 9.81. The third-order valence-corrected chi connectivity index (χ3v) is 4.94. The van der Waals surface area contributed by atoms with Crippen LogP contribution in [0.1, 0.15) is 46.5 Å². The third-order valence-electron chi connectivity index (χ3n) is 4.94. The zero-order valence-corrected chi connectivity index (χ0v) is 18.2. The Morgan fingerprint density at radius 2 is 1.68 bits per heavy atom. The van der Waals surface area contributed by atoms with Gasteiger partial charge in [-0.15, -0.1) is 0 Å². The molecule has 0 aromatic rings. The highest BCUT2D eigenvalue weighted by atomic mass is 16.5. The molecule has 5 N–H and O–H groups in total. The Morgan fingerprint density at radius 1 is 1.03 bits per heavy atom. The third kappa shape index (κ3) is 8.17. The van der Waals surface area contributed by atoms with E-state index in [-0.39, 0.29) is 12.8 Å². The second kappa shape index (κ2) is 12.3. The fourth-order valence-corrected chi connectivity index (χ4v) is 3.04. The molecule has 13 heteroatoms. The van der Waals surface area contributed by atoms with Crippen molar-refractivity contribution in [3.8, 4) is 0 Å². The van der Waals surface area contributed by atoms with Gasteiger partial charge in [0, 0.05) is 13.0 Å². The minimum absolute atomic E-state index is 0.115. The van der Waals surface area contributed by atoms with Crippen LogP contribution in [-0.4, -0.2) is 89.4 Å². The number of esters is 1. The quantitative estimate of drug-likeness (QED) is 0.182.